The van der Waals surface area contributed by atoms with E-state index < -0.39 is 0 Å². The summed E-state index contributed by atoms with van der Waals surface area (Å²) in [7, 11) is 0. The summed E-state index contributed by atoms with van der Waals surface area (Å²) in [5.74, 6) is 0.0328. The highest BCUT2D eigenvalue weighted by Crippen LogP contribution is 2.34. The van der Waals surface area contributed by atoms with E-state index in [4.69, 9.17) is 5.73 Å². The maximum absolute atomic E-state index is 12.7. The predicted octanol–water partition coefficient (Wildman–Crippen LogP) is 2.80. The van der Waals surface area contributed by atoms with Gasteiger partial charge < -0.3 is 10.6 Å². The number of amides is 1. The number of likely N-dealkylation sites (tertiary alicyclic amines) is 1. The van der Waals surface area contributed by atoms with Crippen molar-refractivity contribution in [2.75, 3.05) is 12.3 Å². The monoisotopic (exact) mass is 346 g/mol. The zero-order chi connectivity index (χ0) is 14.8. The number of nitrogen functional groups attached to an aromatic ring is 1. The molecule has 108 valence electrons. The predicted molar refractivity (Wildman–Crippen MR) is 83.6 cm³/mol. The number of anilines is 1. The zero-order valence-electron chi connectivity index (χ0n) is 11.4. The molecule has 0 spiro atoms. The summed E-state index contributed by atoms with van der Waals surface area (Å²) in [5, 5.41) is 0. The third kappa shape index (κ3) is 2.76. The van der Waals surface area contributed by atoms with E-state index in [0.29, 0.717) is 6.54 Å². The topological polar surface area (TPSA) is 72.1 Å². The van der Waals surface area contributed by atoms with E-state index in [0.717, 1.165) is 22.9 Å². The molecule has 3 rings (SSSR count). The molecule has 1 aromatic carbocycles. The number of nitrogens with two attached hydrogens (primary N) is 1. The molecule has 0 saturated carbocycles. The largest absolute Gasteiger partial charge is 0.382 e. The standard InChI is InChI=1S/C15H15BrN4O/c16-11-4-1-3-10(9-11)12-5-2-8-20(12)15(21)13-14(17)19-7-6-18-13/h1,3-4,6-7,9,12H,2,5,8H2,(H2,17,19)/t12-/m1/s1. The molecule has 0 radical (unpaired) electrons. The van der Waals surface area contributed by atoms with Gasteiger partial charge in [-0.1, -0.05) is 28.1 Å². The SMILES string of the molecule is Nc1nccnc1C(=O)N1CCC[C@@H]1c1cccc(Br)c1. The molecular formula is C15H15BrN4O. The van der Waals surface area contributed by atoms with Crippen LogP contribution in [0.25, 0.3) is 0 Å². The van der Waals surface area contributed by atoms with Gasteiger partial charge in [-0.05, 0) is 30.5 Å². The highest BCUT2D eigenvalue weighted by Gasteiger charge is 2.32. The van der Waals surface area contributed by atoms with Crippen LogP contribution in [-0.2, 0) is 0 Å². The minimum absolute atomic E-state index is 0.0661. The van der Waals surface area contributed by atoms with Crippen LogP contribution in [0.5, 0.6) is 0 Å². The second kappa shape index (κ2) is 5.81. The first-order valence-electron chi connectivity index (χ1n) is 6.80. The summed E-state index contributed by atoms with van der Waals surface area (Å²) in [5.41, 5.74) is 7.13. The number of nitrogens with zero attached hydrogens (tertiary/aromatic N) is 3. The quantitative estimate of drug-likeness (QED) is 0.907. The van der Waals surface area contributed by atoms with Gasteiger partial charge in [-0.25, -0.2) is 9.97 Å². The Morgan fingerprint density at radius 3 is 2.90 bits per heavy atom. The molecule has 1 atom stereocenters. The van der Waals surface area contributed by atoms with Crippen LogP contribution in [0.3, 0.4) is 0 Å². The number of hydrogen-bond donors (Lipinski definition) is 1. The number of halogens is 1. The number of hydrogen-bond acceptors (Lipinski definition) is 4. The summed E-state index contributed by atoms with van der Waals surface area (Å²) >= 11 is 3.48. The Hall–Kier alpha value is -1.95. The van der Waals surface area contributed by atoms with Gasteiger partial charge in [0.25, 0.3) is 5.91 Å². The van der Waals surface area contributed by atoms with Gasteiger partial charge in [0.1, 0.15) is 0 Å². The highest BCUT2D eigenvalue weighted by atomic mass is 79.9. The van der Waals surface area contributed by atoms with Crippen LogP contribution in [-0.4, -0.2) is 27.3 Å². The second-order valence-corrected chi connectivity index (χ2v) is 5.92. The van der Waals surface area contributed by atoms with E-state index >= 15 is 0 Å². The molecule has 1 saturated heterocycles. The van der Waals surface area contributed by atoms with E-state index in [9.17, 15) is 4.79 Å². The van der Waals surface area contributed by atoms with Crippen LogP contribution >= 0.6 is 15.9 Å². The zero-order valence-corrected chi connectivity index (χ0v) is 13.0. The molecule has 1 amide bonds. The third-order valence-electron chi connectivity index (χ3n) is 3.68. The first-order valence-corrected chi connectivity index (χ1v) is 7.59. The van der Waals surface area contributed by atoms with Crippen LogP contribution < -0.4 is 5.73 Å². The van der Waals surface area contributed by atoms with Gasteiger partial charge in [-0.3, -0.25) is 4.79 Å². The summed E-state index contributed by atoms with van der Waals surface area (Å²) in [4.78, 5) is 22.5. The summed E-state index contributed by atoms with van der Waals surface area (Å²) < 4.78 is 1.01. The molecule has 21 heavy (non-hydrogen) atoms. The van der Waals surface area contributed by atoms with Crippen molar-refractivity contribution < 1.29 is 4.79 Å². The van der Waals surface area contributed by atoms with E-state index in [1.807, 2.05) is 23.1 Å². The lowest BCUT2D eigenvalue weighted by molar-refractivity contribution is 0.0730. The Kier molecular flexibility index (Phi) is 3.88. The van der Waals surface area contributed by atoms with Gasteiger partial charge in [-0.2, -0.15) is 0 Å². The van der Waals surface area contributed by atoms with Gasteiger partial charge in [0.2, 0.25) is 0 Å². The van der Waals surface area contributed by atoms with Crippen LogP contribution in [0.2, 0.25) is 0 Å². The Bertz CT molecular complexity index is 676. The smallest absolute Gasteiger partial charge is 0.276 e. The maximum Gasteiger partial charge on any atom is 0.276 e. The van der Waals surface area contributed by atoms with E-state index in [2.05, 4.69) is 32.0 Å². The van der Waals surface area contributed by atoms with E-state index in [-0.39, 0.29) is 23.5 Å². The van der Waals surface area contributed by atoms with Gasteiger partial charge in [0.05, 0.1) is 6.04 Å². The fourth-order valence-electron chi connectivity index (χ4n) is 2.72. The first-order chi connectivity index (χ1) is 10.2. The van der Waals surface area contributed by atoms with Crippen molar-refractivity contribution in [1.82, 2.24) is 14.9 Å². The molecule has 0 bridgehead atoms. The Morgan fingerprint density at radius 1 is 1.33 bits per heavy atom. The van der Waals surface area contributed by atoms with Crippen LogP contribution in [0.1, 0.15) is 34.9 Å². The molecule has 1 aliphatic rings. The lowest BCUT2D eigenvalue weighted by Crippen LogP contribution is -2.32. The fourth-order valence-corrected chi connectivity index (χ4v) is 3.14. The lowest BCUT2D eigenvalue weighted by Gasteiger charge is -2.25. The second-order valence-electron chi connectivity index (χ2n) is 5.00. The molecule has 0 aliphatic carbocycles. The summed E-state index contributed by atoms with van der Waals surface area (Å²) in [6, 6.07) is 8.12. The van der Waals surface area contributed by atoms with Crippen LogP contribution in [0, 0.1) is 0 Å². The van der Waals surface area contributed by atoms with Crippen LogP contribution in [0.4, 0.5) is 5.82 Å². The molecule has 6 heteroatoms. The Morgan fingerprint density at radius 2 is 2.14 bits per heavy atom. The van der Waals surface area contributed by atoms with Crippen molar-refractivity contribution >= 4 is 27.7 Å². The van der Waals surface area contributed by atoms with E-state index in [1.54, 1.807) is 0 Å². The molecule has 0 unspecified atom stereocenters. The molecule has 2 heterocycles. The van der Waals surface area contributed by atoms with Gasteiger partial charge >= 0.3 is 0 Å². The Labute approximate surface area is 131 Å². The lowest BCUT2D eigenvalue weighted by atomic mass is 10.0. The fraction of sp³-hybridized carbons (Fsp3) is 0.267. The molecule has 2 aromatic rings. The maximum atomic E-state index is 12.7. The third-order valence-corrected chi connectivity index (χ3v) is 4.17. The number of benzene rings is 1. The van der Waals surface area contributed by atoms with Crippen molar-refractivity contribution in [1.29, 1.82) is 0 Å². The van der Waals surface area contributed by atoms with E-state index in [1.165, 1.54) is 12.4 Å². The number of carbonyl (C=O) groups excluding carboxylic acids is 1. The van der Waals surface area contributed by atoms with Crippen molar-refractivity contribution in [3.63, 3.8) is 0 Å². The number of carbonyl (C=O) groups is 1. The average molecular weight is 347 g/mol. The normalized spacial score (nSPS) is 18.0. The minimum atomic E-state index is -0.150. The van der Waals surface area contributed by atoms with Crippen molar-refractivity contribution in [2.45, 2.75) is 18.9 Å². The highest BCUT2D eigenvalue weighted by molar-refractivity contribution is 9.10. The van der Waals surface area contributed by atoms with Gasteiger partial charge in [0.15, 0.2) is 11.5 Å². The molecule has 2 N–H and O–H groups in total. The average Bonchev–Trinajstić information content (AvgIpc) is 2.96. The van der Waals surface area contributed by atoms with Crippen molar-refractivity contribution in [3.05, 3.63) is 52.4 Å². The molecule has 1 fully saturated rings. The molecule has 5 nitrogen and oxygen atoms in total. The number of rotatable bonds is 2. The molecule has 1 aliphatic heterocycles. The van der Waals surface area contributed by atoms with Gasteiger partial charge in [0, 0.05) is 23.4 Å². The van der Waals surface area contributed by atoms with Gasteiger partial charge in [-0.15, -0.1) is 0 Å². The minimum Gasteiger partial charge on any atom is -0.382 e. The number of aromatic nitrogens is 2. The Balaban J connectivity index is 1.91. The summed E-state index contributed by atoms with van der Waals surface area (Å²) in [6.07, 6.45) is 4.90. The first kappa shape index (κ1) is 14.0. The summed E-state index contributed by atoms with van der Waals surface area (Å²) in [6.45, 7) is 0.714. The van der Waals surface area contributed by atoms with Crippen molar-refractivity contribution in [3.8, 4) is 0 Å². The van der Waals surface area contributed by atoms with Crippen molar-refractivity contribution in [2.24, 2.45) is 0 Å². The van der Waals surface area contributed by atoms with Crippen LogP contribution in [0.15, 0.2) is 41.1 Å². The molecule has 1 aromatic heterocycles. The molecular weight excluding hydrogens is 332 g/mol.